The lowest BCUT2D eigenvalue weighted by atomic mass is 9.93. The van der Waals surface area contributed by atoms with Crippen LogP contribution in [0.3, 0.4) is 0 Å². The molecule has 5 heteroatoms. The van der Waals surface area contributed by atoms with Gasteiger partial charge in [-0.15, -0.1) is 11.3 Å². The monoisotopic (exact) mass is 279 g/mol. The van der Waals surface area contributed by atoms with Gasteiger partial charge in [-0.3, -0.25) is 4.90 Å². The maximum Gasteiger partial charge on any atom is 0.123 e. The molecule has 0 saturated carbocycles. The number of nitrogens with zero attached hydrogens (tertiary/aromatic N) is 3. The Morgan fingerprint density at radius 3 is 2.89 bits per heavy atom. The van der Waals surface area contributed by atoms with Crippen molar-refractivity contribution in [3.8, 4) is 6.07 Å². The largest absolute Gasteiger partial charge is 0.368 e. The Morgan fingerprint density at radius 1 is 1.58 bits per heavy atom. The van der Waals surface area contributed by atoms with E-state index >= 15 is 0 Å². The topological polar surface area (TPSA) is 49.2 Å². The lowest BCUT2D eigenvalue weighted by Crippen LogP contribution is -2.42. The molecule has 2 rings (SSSR count). The molecule has 2 heterocycles. The maximum absolute atomic E-state index is 9.01. The molecular weight excluding hydrogens is 258 g/mol. The Kier molecular flexibility index (Phi) is 4.24. The highest BCUT2D eigenvalue weighted by molar-refractivity contribution is 7.09. The number of nitriles is 1. The van der Waals surface area contributed by atoms with Gasteiger partial charge in [0, 0.05) is 23.9 Å². The average Bonchev–Trinajstić information content (AvgIpc) is 2.87. The van der Waals surface area contributed by atoms with Crippen LogP contribution in [0.2, 0.25) is 0 Å². The van der Waals surface area contributed by atoms with E-state index in [4.69, 9.17) is 15.0 Å². The summed E-state index contributed by atoms with van der Waals surface area (Å²) in [5.74, 6) is 0. The smallest absolute Gasteiger partial charge is 0.123 e. The van der Waals surface area contributed by atoms with E-state index in [0.29, 0.717) is 6.61 Å². The van der Waals surface area contributed by atoms with E-state index in [1.54, 1.807) is 11.3 Å². The van der Waals surface area contributed by atoms with Crippen molar-refractivity contribution in [2.75, 3.05) is 19.7 Å². The molecule has 2 atom stereocenters. The van der Waals surface area contributed by atoms with Crippen molar-refractivity contribution in [3.63, 3.8) is 0 Å². The minimum Gasteiger partial charge on any atom is -0.368 e. The molecule has 1 aromatic heterocycles. The molecule has 1 aromatic rings. The van der Waals surface area contributed by atoms with Gasteiger partial charge in [-0.05, 0) is 6.92 Å². The van der Waals surface area contributed by atoms with Gasteiger partial charge in [0.1, 0.15) is 11.1 Å². The number of hydrogen-bond acceptors (Lipinski definition) is 5. The van der Waals surface area contributed by atoms with Crippen molar-refractivity contribution < 1.29 is 4.74 Å². The summed E-state index contributed by atoms with van der Waals surface area (Å²) in [7, 11) is 0. The van der Waals surface area contributed by atoms with Gasteiger partial charge in [-0.25, -0.2) is 4.98 Å². The molecule has 1 fully saturated rings. The quantitative estimate of drug-likeness (QED) is 0.835. The standard InChI is InChI=1S/C14H21N3OS/c1-10(7-15)17-5-6-18-11(8-17)13-16-12(9-19-13)14(2,3)4/h9-11H,5-6,8H2,1-4H3/t10-,11-/m1/s1. The molecule has 0 radical (unpaired) electrons. The number of aromatic nitrogens is 1. The molecule has 0 N–H and O–H groups in total. The van der Waals surface area contributed by atoms with Gasteiger partial charge in [0.15, 0.2) is 0 Å². The normalized spacial score (nSPS) is 23.0. The fourth-order valence-corrected chi connectivity index (χ4v) is 3.12. The van der Waals surface area contributed by atoms with Crippen molar-refractivity contribution >= 4 is 11.3 Å². The molecule has 19 heavy (non-hydrogen) atoms. The summed E-state index contributed by atoms with van der Waals surface area (Å²) in [4.78, 5) is 6.87. The summed E-state index contributed by atoms with van der Waals surface area (Å²) < 4.78 is 5.81. The Balaban J connectivity index is 2.10. The van der Waals surface area contributed by atoms with Crippen LogP contribution >= 0.6 is 11.3 Å². The Labute approximate surface area is 119 Å². The van der Waals surface area contributed by atoms with Gasteiger partial charge in [0.2, 0.25) is 0 Å². The fraction of sp³-hybridized carbons (Fsp3) is 0.714. The summed E-state index contributed by atoms with van der Waals surface area (Å²) in [6, 6.07) is 2.23. The van der Waals surface area contributed by atoms with E-state index in [-0.39, 0.29) is 17.6 Å². The first-order valence-corrected chi connectivity index (χ1v) is 7.51. The van der Waals surface area contributed by atoms with Crippen molar-refractivity contribution in [1.29, 1.82) is 5.26 Å². The second kappa shape index (κ2) is 5.58. The van der Waals surface area contributed by atoms with Crippen LogP contribution in [0.15, 0.2) is 5.38 Å². The SMILES string of the molecule is C[C@H](C#N)N1CCO[C@@H](c2nc(C(C)(C)C)cs2)C1. The Morgan fingerprint density at radius 2 is 2.32 bits per heavy atom. The molecule has 0 spiro atoms. The first-order chi connectivity index (χ1) is 8.91. The molecule has 0 bridgehead atoms. The van der Waals surface area contributed by atoms with Crippen LogP contribution in [0.25, 0.3) is 0 Å². The van der Waals surface area contributed by atoms with E-state index in [2.05, 4.69) is 37.1 Å². The number of ether oxygens (including phenoxy) is 1. The second-order valence-electron chi connectivity index (χ2n) is 5.98. The lowest BCUT2D eigenvalue weighted by Gasteiger charge is -2.33. The first kappa shape index (κ1) is 14.4. The summed E-state index contributed by atoms with van der Waals surface area (Å²) in [5, 5.41) is 12.2. The lowest BCUT2D eigenvalue weighted by molar-refractivity contribution is -0.0360. The highest BCUT2D eigenvalue weighted by Crippen LogP contribution is 2.30. The molecule has 104 valence electrons. The minimum atomic E-state index is -0.0616. The van der Waals surface area contributed by atoms with E-state index in [1.807, 2.05) is 6.92 Å². The molecule has 0 amide bonds. The number of morpholine rings is 1. The molecule has 0 unspecified atom stereocenters. The number of hydrogen-bond donors (Lipinski definition) is 0. The first-order valence-electron chi connectivity index (χ1n) is 6.63. The predicted octanol–water partition coefficient (Wildman–Crippen LogP) is 2.73. The third-order valence-corrected chi connectivity index (χ3v) is 4.34. The zero-order chi connectivity index (χ0) is 14.0. The molecule has 1 aliphatic heterocycles. The number of rotatable bonds is 2. The number of thiazole rings is 1. The molecule has 1 saturated heterocycles. The summed E-state index contributed by atoms with van der Waals surface area (Å²) >= 11 is 1.66. The zero-order valence-corrected chi connectivity index (χ0v) is 12.8. The highest BCUT2D eigenvalue weighted by atomic mass is 32.1. The maximum atomic E-state index is 9.01. The van der Waals surface area contributed by atoms with Crippen LogP contribution in [0.4, 0.5) is 0 Å². The van der Waals surface area contributed by atoms with E-state index in [0.717, 1.165) is 23.8 Å². The predicted molar refractivity (Wildman–Crippen MR) is 76.2 cm³/mol. The van der Waals surface area contributed by atoms with E-state index in [1.165, 1.54) is 0 Å². The Hall–Kier alpha value is -0.960. The van der Waals surface area contributed by atoms with Crippen molar-refractivity contribution in [1.82, 2.24) is 9.88 Å². The van der Waals surface area contributed by atoms with Crippen LogP contribution in [-0.2, 0) is 10.2 Å². The van der Waals surface area contributed by atoms with Gasteiger partial charge in [0.05, 0.1) is 24.4 Å². The fourth-order valence-electron chi connectivity index (χ4n) is 2.03. The second-order valence-corrected chi connectivity index (χ2v) is 6.87. The van der Waals surface area contributed by atoms with Crippen LogP contribution in [0.1, 0.15) is 44.5 Å². The van der Waals surface area contributed by atoms with E-state index in [9.17, 15) is 0 Å². The Bertz CT molecular complexity index is 472. The third-order valence-electron chi connectivity index (χ3n) is 3.40. The molecular formula is C14H21N3OS. The van der Waals surface area contributed by atoms with Gasteiger partial charge >= 0.3 is 0 Å². The zero-order valence-electron chi connectivity index (χ0n) is 12.0. The summed E-state index contributed by atoms with van der Waals surface area (Å²) in [5.41, 5.74) is 1.19. The third kappa shape index (κ3) is 3.33. The van der Waals surface area contributed by atoms with Crippen LogP contribution in [0, 0.1) is 11.3 Å². The van der Waals surface area contributed by atoms with Crippen LogP contribution in [-0.4, -0.2) is 35.6 Å². The molecule has 0 aromatic carbocycles. The van der Waals surface area contributed by atoms with Crippen LogP contribution in [0.5, 0.6) is 0 Å². The molecule has 0 aliphatic carbocycles. The minimum absolute atomic E-state index is 0.00523. The van der Waals surface area contributed by atoms with Gasteiger partial charge < -0.3 is 4.74 Å². The summed E-state index contributed by atoms with van der Waals surface area (Å²) in [6.07, 6.45) is 0.00523. The van der Waals surface area contributed by atoms with E-state index < -0.39 is 0 Å². The van der Waals surface area contributed by atoms with Gasteiger partial charge in [-0.1, -0.05) is 20.8 Å². The molecule has 1 aliphatic rings. The average molecular weight is 279 g/mol. The summed E-state index contributed by atoms with van der Waals surface area (Å²) in [6.45, 7) is 10.7. The van der Waals surface area contributed by atoms with Gasteiger partial charge in [0.25, 0.3) is 0 Å². The van der Waals surface area contributed by atoms with Crippen molar-refractivity contribution in [3.05, 3.63) is 16.1 Å². The van der Waals surface area contributed by atoms with Crippen molar-refractivity contribution in [2.24, 2.45) is 0 Å². The molecule has 4 nitrogen and oxygen atoms in total. The highest BCUT2D eigenvalue weighted by Gasteiger charge is 2.28. The van der Waals surface area contributed by atoms with Crippen molar-refractivity contribution in [2.45, 2.75) is 45.3 Å². The van der Waals surface area contributed by atoms with Crippen LogP contribution < -0.4 is 0 Å². The van der Waals surface area contributed by atoms with Gasteiger partial charge in [-0.2, -0.15) is 5.26 Å².